The first-order valence-corrected chi connectivity index (χ1v) is 8.81. The quantitative estimate of drug-likeness (QED) is 0.802. The van der Waals surface area contributed by atoms with Gasteiger partial charge in [-0.1, -0.05) is 0 Å². The Labute approximate surface area is 148 Å². The highest BCUT2D eigenvalue weighted by Crippen LogP contribution is 2.13. The van der Waals surface area contributed by atoms with Gasteiger partial charge in [0.25, 0.3) is 5.91 Å². The predicted octanol–water partition coefficient (Wildman–Crippen LogP) is 1.55. The smallest absolute Gasteiger partial charge is 0.409 e. The van der Waals surface area contributed by atoms with Crippen LogP contribution in [0.5, 0.6) is 0 Å². The molecular weight excluding hydrogens is 322 g/mol. The molecule has 0 saturated carbocycles. The van der Waals surface area contributed by atoms with Gasteiger partial charge in [-0.15, -0.1) is 0 Å². The summed E-state index contributed by atoms with van der Waals surface area (Å²) in [5.41, 5.74) is 1.17. The van der Waals surface area contributed by atoms with Crippen LogP contribution in [0.2, 0.25) is 0 Å². The molecule has 0 bridgehead atoms. The minimum atomic E-state index is -0.323. The van der Waals surface area contributed by atoms with E-state index in [0.29, 0.717) is 44.4 Å². The number of rotatable bonds is 5. The molecule has 2 amide bonds. The Morgan fingerprint density at radius 2 is 1.68 bits per heavy atom. The molecule has 0 aliphatic carbocycles. The molecule has 138 valence electrons. The Bertz CT molecular complexity index is 610. The largest absolute Gasteiger partial charge is 0.450 e. The number of aryl methyl sites for hydroxylation is 1. The minimum absolute atomic E-state index is 0.123. The van der Waals surface area contributed by atoms with Crippen molar-refractivity contribution in [1.82, 2.24) is 19.8 Å². The molecule has 0 unspecified atom stereocenters. The molecule has 25 heavy (non-hydrogen) atoms. The number of hydrogen-bond donors (Lipinski definition) is 0. The molecule has 2 heterocycles. The van der Waals surface area contributed by atoms with Gasteiger partial charge in [0.1, 0.15) is 5.69 Å². The standard InChI is InChI=1S/C17H27N5O3/c1-5-20(6-2)16-18-13(4)12-14(19-16)15(23)21-8-10-22(11-9-21)17(24)25-7-3/h12H,5-11H2,1-4H3. The number of hydrogen-bond acceptors (Lipinski definition) is 6. The van der Waals surface area contributed by atoms with Gasteiger partial charge in [-0.25, -0.2) is 14.8 Å². The summed E-state index contributed by atoms with van der Waals surface area (Å²) in [4.78, 5) is 38.8. The van der Waals surface area contributed by atoms with E-state index < -0.39 is 0 Å². The summed E-state index contributed by atoms with van der Waals surface area (Å²) in [7, 11) is 0. The third kappa shape index (κ3) is 4.58. The van der Waals surface area contributed by atoms with Crippen LogP contribution in [0.15, 0.2) is 6.07 Å². The molecule has 2 rings (SSSR count). The first-order chi connectivity index (χ1) is 12.0. The number of nitrogens with zero attached hydrogens (tertiary/aromatic N) is 5. The fourth-order valence-corrected chi connectivity index (χ4v) is 2.78. The van der Waals surface area contributed by atoms with E-state index in [4.69, 9.17) is 4.74 Å². The number of piperazine rings is 1. The van der Waals surface area contributed by atoms with Crippen molar-refractivity contribution in [3.05, 3.63) is 17.5 Å². The van der Waals surface area contributed by atoms with E-state index in [2.05, 4.69) is 9.97 Å². The lowest BCUT2D eigenvalue weighted by atomic mass is 10.2. The van der Waals surface area contributed by atoms with Crippen molar-refractivity contribution >= 4 is 17.9 Å². The average Bonchev–Trinajstić information content (AvgIpc) is 2.62. The summed E-state index contributed by atoms with van der Waals surface area (Å²) < 4.78 is 5.00. The number of aromatic nitrogens is 2. The second-order valence-electron chi connectivity index (χ2n) is 5.85. The number of anilines is 1. The van der Waals surface area contributed by atoms with Gasteiger partial charge >= 0.3 is 6.09 Å². The molecule has 1 aromatic rings. The van der Waals surface area contributed by atoms with Crippen molar-refractivity contribution in [2.75, 3.05) is 50.8 Å². The van der Waals surface area contributed by atoms with Gasteiger partial charge in [0.2, 0.25) is 5.95 Å². The maximum absolute atomic E-state index is 12.8. The van der Waals surface area contributed by atoms with Crippen LogP contribution in [-0.4, -0.2) is 77.6 Å². The number of carbonyl (C=O) groups excluding carboxylic acids is 2. The summed E-state index contributed by atoms with van der Waals surface area (Å²) >= 11 is 0. The van der Waals surface area contributed by atoms with Crippen molar-refractivity contribution in [1.29, 1.82) is 0 Å². The zero-order valence-corrected chi connectivity index (χ0v) is 15.5. The summed E-state index contributed by atoms with van der Waals surface area (Å²) in [5.74, 6) is 0.459. The highest BCUT2D eigenvalue weighted by molar-refractivity contribution is 5.92. The van der Waals surface area contributed by atoms with Gasteiger partial charge in [-0.2, -0.15) is 0 Å². The molecule has 0 N–H and O–H groups in total. The van der Waals surface area contributed by atoms with Gasteiger partial charge in [0.05, 0.1) is 6.61 Å². The van der Waals surface area contributed by atoms with Crippen molar-refractivity contribution in [3.63, 3.8) is 0 Å². The zero-order chi connectivity index (χ0) is 18.4. The van der Waals surface area contributed by atoms with E-state index >= 15 is 0 Å². The van der Waals surface area contributed by atoms with Gasteiger partial charge in [0.15, 0.2) is 0 Å². The molecule has 1 aliphatic heterocycles. The van der Waals surface area contributed by atoms with E-state index in [-0.39, 0.29) is 12.0 Å². The summed E-state index contributed by atoms with van der Waals surface area (Å²) in [6.07, 6.45) is -0.323. The molecule has 0 aromatic carbocycles. The number of ether oxygens (including phenoxy) is 1. The molecule has 1 saturated heterocycles. The second-order valence-corrected chi connectivity index (χ2v) is 5.85. The fraction of sp³-hybridized carbons (Fsp3) is 0.647. The van der Waals surface area contributed by atoms with Crippen LogP contribution in [0, 0.1) is 6.92 Å². The molecule has 1 fully saturated rings. The van der Waals surface area contributed by atoms with Crippen molar-refractivity contribution in [2.45, 2.75) is 27.7 Å². The predicted molar refractivity (Wildman–Crippen MR) is 94.8 cm³/mol. The van der Waals surface area contributed by atoms with Crippen molar-refractivity contribution in [2.24, 2.45) is 0 Å². The zero-order valence-electron chi connectivity index (χ0n) is 15.5. The lowest BCUT2D eigenvalue weighted by Crippen LogP contribution is -2.50. The Morgan fingerprint density at radius 3 is 2.24 bits per heavy atom. The average molecular weight is 349 g/mol. The van der Waals surface area contributed by atoms with Crippen LogP contribution in [0.4, 0.5) is 10.7 Å². The Kier molecular flexibility index (Phi) is 6.55. The van der Waals surface area contributed by atoms with Gasteiger partial charge < -0.3 is 19.4 Å². The van der Waals surface area contributed by atoms with Crippen molar-refractivity contribution in [3.8, 4) is 0 Å². The lowest BCUT2D eigenvalue weighted by Gasteiger charge is -2.34. The third-order valence-electron chi connectivity index (χ3n) is 4.20. The van der Waals surface area contributed by atoms with Crippen LogP contribution in [-0.2, 0) is 4.74 Å². The first kappa shape index (κ1) is 19.0. The number of carbonyl (C=O) groups is 2. The normalized spacial score (nSPS) is 14.4. The van der Waals surface area contributed by atoms with Gasteiger partial charge in [-0.05, 0) is 33.8 Å². The van der Waals surface area contributed by atoms with Crippen LogP contribution < -0.4 is 4.90 Å². The van der Waals surface area contributed by atoms with E-state index in [1.54, 1.807) is 22.8 Å². The second kappa shape index (κ2) is 8.64. The van der Waals surface area contributed by atoms with E-state index in [0.717, 1.165) is 18.8 Å². The van der Waals surface area contributed by atoms with Gasteiger partial charge in [-0.3, -0.25) is 4.79 Å². The highest BCUT2D eigenvalue weighted by Gasteiger charge is 2.26. The molecular formula is C17H27N5O3. The molecule has 8 nitrogen and oxygen atoms in total. The monoisotopic (exact) mass is 349 g/mol. The summed E-state index contributed by atoms with van der Waals surface area (Å²) in [6, 6.07) is 1.72. The molecule has 1 aliphatic rings. The topological polar surface area (TPSA) is 78.9 Å². The van der Waals surface area contributed by atoms with E-state index in [9.17, 15) is 9.59 Å². The van der Waals surface area contributed by atoms with Crippen molar-refractivity contribution < 1.29 is 14.3 Å². The van der Waals surface area contributed by atoms with E-state index in [1.807, 2.05) is 25.7 Å². The Balaban J connectivity index is 2.07. The first-order valence-electron chi connectivity index (χ1n) is 8.81. The SMILES string of the molecule is CCOC(=O)N1CCN(C(=O)c2cc(C)nc(N(CC)CC)n2)CC1. The minimum Gasteiger partial charge on any atom is -0.450 e. The lowest BCUT2D eigenvalue weighted by molar-refractivity contribution is 0.0566. The summed E-state index contributed by atoms with van der Waals surface area (Å²) in [6.45, 7) is 11.5. The third-order valence-corrected chi connectivity index (χ3v) is 4.20. The molecule has 8 heteroatoms. The highest BCUT2D eigenvalue weighted by atomic mass is 16.6. The van der Waals surface area contributed by atoms with Gasteiger partial charge in [0, 0.05) is 45.0 Å². The molecule has 0 atom stereocenters. The fourth-order valence-electron chi connectivity index (χ4n) is 2.78. The van der Waals surface area contributed by atoms with Crippen LogP contribution in [0.3, 0.4) is 0 Å². The molecule has 0 radical (unpaired) electrons. The van der Waals surface area contributed by atoms with Crippen LogP contribution >= 0.6 is 0 Å². The van der Waals surface area contributed by atoms with Crippen LogP contribution in [0.1, 0.15) is 37.0 Å². The maximum atomic E-state index is 12.8. The van der Waals surface area contributed by atoms with E-state index in [1.165, 1.54) is 0 Å². The Hall–Kier alpha value is -2.38. The Morgan fingerprint density at radius 1 is 1.08 bits per heavy atom. The summed E-state index contributed by atoms with van der Waals surface area (Å²) in [5, 5.41) is 0. The van der Waals surface area contributed by atoms with Crippen LogP contribution in [0.25, 0.3) is 0 Å². The molecule has 1 aromatic heterocycles. The number of amides is 2. The molecule has 0 spiro atoms. The maximum Gasteiger partial charge on any atom is 0.409 e.